The number of nitrogens with zero attached hydrogens (tertiary/aromatic N) is 5. The molecule has 1 aliphatic rings. The minimum atomic E-state index is -0.200. The number of amides is 2. The Labute approximate surface area is 173 Å². The highest BCUT2D eigenvalue weighted by Gasteiger charge is 2.17. The molecule has 30 heavy (non-hydrogen) atoms. The fraction of sp³-hybridized carbons (Fsp3) is 0.400. The van der Waals surface area contributed by atoms with Gasteiger partial charge in [0.25, 0.3) is 0 Å². The molecule has 156 valence electrons. The SMILES string of the molecule is O=C(CCc1nc(-c2ccncc2)no1)Nc1cnn(CC(=O)NC2CCCC2)c1. The number of aryl methyl sites for hydroxylation is 1. The summed E-state index contributed by atoms with van der Waals surface area (Å²) in [6.45, 7) is 0.131. The minimum absolute atomic E-state index is 0.0655. The molecule has 1 saturated carbocycles. The summed E-state index contributed by atoms with van der Waals surface area (Å²) >= 11 is 0. The molecule has 0 radical (unpaired) electrons. The Hall–Kier alpha value is -3.56. The Bertz CT molecular complexity index is 993. The van der Waals surface area contributed by atoms with Crippen LogP contribution in [0.2, 0.25) is 0 Å². The second-order valence-corrected chi connectivity index (χ2v) is 7.27. The summed E-state index contributed by atoms with van der Waals surface area (Å²) in [7, 11) is 0. The van der Waals surface area contributed by atoms with Crippen molar-refractivity contribution >= 4 is 17.5 Å². The van der Waals surface area contributed by atoms with E-state index < -0.39 is 0 Å². The van der Waals surface area contributed by atoms with Gasteiger partial charge in [0, 0.05) is 43.0 Å². The minimum Gasteiger partial charge on any atom is -0.352 e. The van der Waals surface area contributed by atoms with E-state index in [2.05, 4.69) is 30.9 Å². The first-order chi connectivity index (χ1) is 14.7. The average Bonchev–Trinajstić information content (AvgIpc) is 3.50. The lowest BCUT2D eigenvalue weighted by Gasteiger charge is -2.11. The Morgan fingerprint density at radius 3 is 2.77 bits per heavy atom. The monoisotopic (exact) mass is 409 g/mol. The first-order valence-corrected chi connectivity index (χ1v) is 10.0. The maximum absolute atomic E-state index is 12.2. The predicted octanol–water partition coefficient (Wildman–Crippen LogP) is 1.96. The molecule has 0 aliphatic heterocycles. The molecule has 0 atom stereocenters. The van der Waals surface area contributed by atoms with Crippen LogP contribution in [0.15, 0.2) is 41.4 Å². The van der Waals surface area contributed by atoms with Crippen molar-refractivity contribution in [3.05, 3.63) is 42.8 Å². The molecule has 2 N–H and O–H groups in total. The number of pyridine rings is 1. The van der Waals surface area contributed by atoms with Gasteiger partial charge in [0.05, 0.1) is 11.9 Å². The molecule has 2 amide bonds. The molecule has 0 aromatic carbocycles. The van der Waals surface area contributed by atoms with Gasteiger partial charge in [-0.05, 0) is 25.0 Å². The van der Waals surface area contributed by atoms with Crippen molar-refractivity contribution < 1.29 is 14.1 Å². The smallest absolute Gasteiger partial charge is 0.241 e. The van der Waals surface area contributed by atoms with Crippen molar-refractivity contribution in [3.8, 4) is 11.4 Å². The molecule has 1 aliphatic carbocycles. The molecule has 0 spiro atoms. The maximum atomic E-state index is 12.2. The molecule has 1 fully saturated rings. The predicted molar refractivity (Wildman–Crippen MR) is 107 cm³/mol. The highest BCUT2D eigenvalue weighted by molar-refractivity contribution is 5.90. The van der Waals surface area contributed by atoms with Gasteiger partial charge in [-0.25, -0.2) is 0 Å². The van der Waals surface area contributed by atoms with Gasteiger partial charge in [0.1, 0.15) is 6.54 Å². The molecule has 4 rings (SSSR count). The van der Waals surface area contributed by atoms with Crippen LogP contribution in [-0.2, 0) is 22.6 Å². The number of carbonyl (C=O) groups is 2. The molecule has 10 nitrogen and oxygen atoms in total. The first kappa shape index (κ1) is 19.7. The van der Waals surface area contributed by atoms with Crippen LogP contribution in [0.1, 0.15) is 38.0 Å². The summed E-state index contributed by atoms with van der Waals surface area (Å²) in [5, 5.41) is 13.8. The van der Waals surface area contributed by atoms with Crippen LogP contribution in [0.25, 0.3) is 11.4 Å². The Kier molecular flexibility index (Phi) is 6.11. The van der Waals surface area contributed by atoms with E-state index in [9.17, 15) is 9.59 Å². The van der Waals surface area contributed by atoms with Crippen molar-refractivity contribution in [3.63, 3.8) is 0 Å². The maximum Gasteiger partial charge on any atom is 0.241 e. The van der Waals surface area contributed by atoms with Crippen LogP contribution >= 0.6 is 0 Å². The van der Waals surface area contributed by atoms with Crippen LogP contribution in [0.4, 0.5) is 5.69 Å². The van der Waals surface area contributed by atoms with Gasteiger partial charge in [0.15, 0.2) is 0 Å². The molecule has 3 heterocycles. The van der Waals surface area contributed by atoms with Crippen molar-refractivity contribution in [1.82, 2.24) is 30.2 Å². The summed E-state index contributed by atoms with van der Waals surface area (Å²) in [6, 6.07) is 3.84. The Morgan fingerprint density at radius 1 is 1.17 bits per heavy atom. The number of aromatic nitrogens is 5. The largest absolute Gasteiger partial charge is 0.352 e. The van der Waals surface area contributed by atoms with Crippen LogP contribution in [0.5, 0.6) is 0 Å². The quantitative estimate of drug-likeness (QED) is 0.582. The van der Waals surface area contributed by atoms with E-state index in [0.717, 1.165) is 31.2 Å². The van der Waals surface area contributed by atoms with Crippen molar-refractivity contribution in [1.29, 1.82) is 0 Å². The molecular weight excluding hydrogens is 386 g/mol. The first-order valence-electron chi connectivity index (χ1n) is 10.0. The average molecular weight is 409 g/mol. The number of rotatable bonds is 8. The Balaban J connectivity index is 1.23. The lowest BCUT2D eigenvalue weighted by molar-refractivity contribution is -0.122. The number of hydrogen-bond acceptors (Lipinski definition) is 7. The molecule has 0 saturated heterocycles. The highest BCUT2D eigenvalue weighted by Crippen LogP contribution is 2.18. The second-order valence-electron chi connectivity index (χ2n) is 7.27. The van der Waals surface area contributed by atoms with Crippen molar-refractivity contribution in [2.75, 3.05) is 5.32 Å². The van der Waals surface area contributed by atoms with E-state index >= 15 is 0 Å². The molecule has 0 unspecified atom stereocenters. The fourth-order valence-electron chi connectivity index (χ4n) is 3.42. The zero-order valence-corrected chi connectivity index (χ0v) is 16.5. The van der Waals surface area contributed by atoms with Gasteiger partial charge in [-0.1, -0.05) is 18.0 Å². The standard InChI is InChI=1S/C20H23N7O3/c28-17(5-6-19-25-20(26-30-19)14-7-9-21-10-8-14)24-16-11-22-27(12-16)13-18(29)23-15-3-1-2-4-15/h7-12,15H,1-6,13H2,(H,23,29)(H,24,28). The van der Waals surface area contributed by atoms with E-state index in [1.165, 1.54) is 10.9 Å². The van der Waals surface area contributed by atoms with Gasteiger partial charge < -0.3 is 15.2 Å². The van der Waals surface area contributed by atoms with Crippen molar-refractivity contribution in [2.45, 2.75) is 51.1 Å². The van der Waals surface area contributed by atoms with Gasteiger partial charge in [-0.15, -0.1) is 0 Å². The molecule has 3 aromatic heterocycles. The zero-order valence-electron chi connectivity index (χ0n) is 16.5. The lowest BCUT2D eigenvalue weighted by Crippen LogP contribution is -2.35. The van der Waals surface area contributed by atoms with Crippen LogP contribution in [0, 0.1) is 0 Å². The van der Waals surface area contributed by atoms with E-state index in [1.54, 1.807) is 30.7 Å². The lowest BCUT2D eigenvalue weighted by atomic mass is 10.2. The topological polar surface area (TPSA) is 128 Å². The summed E-state index contributed by atoms with van der Waals surface area (Å²) in [5.74, 6) is 0.582. The van der Waals surface area contributed by atoms with Gasteiger partial charge in [0.2, 0.25) is 23.5 Å². The second kappa shape index (κ2) is 9.29. The fourth-order valence-corrected chi connectivity index (χ4v) is 3.42. The van der Waals surface area contributed by atoms with Crippen molar-refractivity contribution in [2.24, 2.45) is 0 Å². The van der Waals surface area contributed by atoms with E-state index in [1.807, 2.05) is 0 Å². The number of carbonyl (C=O) groups excluding carboxylic acids is 2. The molecular formula is C20H23N7O3. The number of anilines is 1. The van der Waals surface area contributed by atoms with E-state index in [0.29, 0.717) is 23.8 Å². The summed E-state index contributed by atoms with van der Waals surface area (Å²) in [4.78, 5) is 32.5. The van der Waals surface area contributed by atoms with Crippen LogP contribution in [0.3, 0.4) is 0 Å². The molecule has 0 bridgehead atoms. The van der Waals surface area contributed by atoms with Gasteiger partial charge in [-0.2, -0.15) is 10.1 Å². The van der Waals surface area contributed by atoms with Crippen LogP contribution < -0.4 is 10.6 Å². The normalized spacial score (nSPS) is 14.0. The van der Waals surface area contributed by atoms with E-state index in [-0.39, 0.29) is 30.8 Å². The highest BCUT2D eigenvalue weighted by atomic mass is 16.5. The molecule has 3 aromatic rings. The van der Waals surface area contributed by atoms with Gasteiger partial charge in [-0.3, -0.25) is 19.3 Å². The van der Waals surface area contributed by atoms with Gasteiger partial charge >= 0.3 is 0 Å². The molecule has 10 heteroatoms. The van der Waals surface area contributed by atoms with E-state index in [4.69, 9.17) is 4.52 Å². The number of nitrogens with one attached hydrogen (secondary N) is 2. The zero-order chi connectivity index (χ0) is 20.8. The summed E-state index contributed by atoms with van der Waals surface area (Å²) in [6.07, 6.45) is 11.4. The Morgan fingerprint density at radius 2 is 1.97 bits per heavy atom. The third-order valence-electron chi connectivity index (χ3n) is 4.92. The van der Waals surface area contributed by atoms with Crippen LogP contribution in [-0.4, -0.2) is 42.8 Å². The summed E-state index contributed by atoms with van der Waals surface area (Å²) < 4.78 is 6.71. The number of hydrogen-bond donors (Lipinski definition) is 2. The third kappa shape index (κ3) is 5.28. The third-order valence-corrected chi connectivity index (χ3v) is 4.92. The summed E-state index contributed by atoms with van der Waals surface area (Å²) in [5.41, 5.74) is 1.34.